The molecule has 208 valence electrons. The van der Waals surface area contributed by atoms with E-state index in [1.54, 1.807) is 12.3 Å². The lowest BCUT2D eigenvalue weighted by atomic mass is 10.0. The average Bonchev–Trinajstić information content (AvgIpc) is 3.29. The van der Waals surface area contributed by atoms with Gasteiger partial charge in [0.2, 0.25) is 0 Å². The van der Waals surface area contributed by atoms with Gasteiger partial charge in [-0.3, -0.25) is 4.98 Å². The van der Waals surface area contributed by atoms with Crippen LogP contribution in [-0.2, 0) is 0 Å². The van der Waals surface area contributed by atoms with Crippen molar-refractivity contribution in [1.82, 2.24) is 24.8 Å². The Hall–Kier alpha value is -4.37. The number of anilines is 1. The number of rotatable bonds is 4. The smallest absolute Gasteiger partial charge is 0.355 e. The van der Waals surface area contributed by atoms with Crippen molar-refractivity contribution in [3.05, 3.63) is 82.3 Å². The van der Waals surface area contributed by atoms with E-state index in [-0.39, 0.29) is 17.4 Å². The molecule has 2 atom stereocenters. The highest BCUT2D eigenvalue weighted by Gasteiger charge is 2.34. The van der Waals surface area contributed by atoms with E-state index in [0.717, 1.165) is 34.9 Å². The minimum absolute atomic E-state index is 0.00861. The molecule has 2 saturated heterocycles. The fourth-order valence-electron chi connectivity index (χ4n) is 6.48. The number of nitrogens with zero attached hydrogens (tertiary/aromatic N) is 5. The summed E-state index contributed by atoms with van der Waals surface area (Å²) in [7, 11) is 0. The minimum Gasteiger partial charge on any atom is -0.508 e. The first kappa shape index (κ1) is 25.6. The van der Waals surface area contributed by atoms with Crippen molar-refractivity contribution in [3.63, 3.8) is 0 Å². The summed E-state index contributed by atoms with van der Waals surface area (Å²) in [5.74, 6) is -0.0721. The van der Waals surface area contributed by atoms with Gasteiger partial charge >= 0.3 is 5.69 Å². The summed E-state index contributed by atoms with van der Waals surface area (Å²) in [5.41, 5.74) is 2.53. The van der Waals surface area contributed by atoms with Gasteiger partial charge in [-0.05, 0) is 66.3 Å². The van der Waals surface area contributed by atoms with Crippen LogP contribution in [0.5, 0.6) is 5.75 Å². The number of aromatic hydroxyl groups is 1. The van der Waals surface area contributed by atoms with E-state index in [1.807, 2.05) is 51.1 Å². The van der Waals surface area contributed by atoms with Crippen LogP contribution in [0.15, 0.2) is 59.5 Å². The molecule has 5 aromatic rings. The summed E-state index contributed by atoms with van der Waals surface area (Å²) in [6, 6.07) is 14.5. The Morgan fingerprint density at radius 3 is 2.54 bits per heavy atom. The highest BCUT2D eigenvalue weighted by atomic mass is 19.1. The molecule has 7 rings (SSSR count). The third-order valence-electron chi connectivity index (χ3n) is 8.34. The zero-order chi connectivity index (χ0) is 28.4. The summed E-state index contributed by atoms with van der Waals surface area (Å²) in [5, 5.41) is 16.1. The Morgan fingerprint density at radius 2 is 1.78 bits per heavy atom. The van der Waals surface area contributed by atoms with Crippen LogP contribution in [0, 0.1) is 12.7 Å². The predicted octanol–water partition coefficient (Wildman–Crippen LogP) is 5.21. The number of piperazine rings is 1. The van der Waals surface area contributed by atoms with Crippen molar-refractivity contribution in [3.8, 4) is 22.7 Å². The molecular formula is C32H31FN6O2. The number of hydrogen-bond acceptors (Lipinski definition) is 7. The number of aromatic nitrogens is 4. The lowest BCUT2D eigenvalue weighted by Gasteiger charge is -2.34. The molecule has 0 radical (unpaired) electrons. The molecule has 2 N–H and O–H groups in total. The maximum absolute atomic E-state index is 16.2. The average molecular weight is 551 g/mol. The lowest BCUT2D eigenvalue weighted by molar-refractivity contribution is 0.463. The minimum atomic E-state index is -0.549. The Morgan fingerprint density at radius 1 is 1.02 bits per heavy atom. The molecule has 8 nitrogen and oxygen atoms in total. The van der Waals surface area contributed by atoms with Crippen LogP contribution >= 0.6 is 0 Å². The molecule has 0 aliphatic carbocycles. The van der Waals surface area contributed by atoms with Gasteiger partial charge in [0.15, 0.2) is 5.65 Å². The zero-order valence-corrected chi connectivity index (χ0v) is 23.2. The fraction of sp³-hybridized carbons (Fsp3) is 0.312. The summed E-state index contributed by atoms with van der Waals surface area (Å²) in [6.45, 7) is 7.34. The maximum Gasteiger partial charge on any atom is 0.355 e. The molecule has 2 bridgehead atoms. The fourth-order valence-corrected chi connectivity index (χ4v) is 6.48. The first-order chi connectivity index (χ1) is 19.8. The van der Waals surface area contributed by atoms with E-state index in [9.17, 15) is 9.90 Å². The molecule has 2 aliphatic rings. The summed E-state index contributed by atoms with van der Waals surface area (Å²) in [4.78, 5) is 30.2. The molecule has 41 heavy (non-hydrogen) atoms. The Labute approximate surface area is 236 Å². The van der Waals surface area contributed by atoms with E-state index < -0.39 is 11.5 Å². The zero-order valence-electron chi connectivity index (χ0n) is 23.2. The van der Waals surface area contributed by atoms with Crippen molar-refractivity contribution in [2.24, 2.45) is 0 Å². The first-order valence-corrected chi connectivity index (χ1v) is 14.1. The van der Waals surface area contributed by atoms with Gasteiger partial charge in [-0.1, -0.05) is 38.1 Å². The molecule has 2 unspecified atom stereocenters. The standard InChI is InChI=1S/C32H31FN6O2/c1-17(2)27-29(18(3)10-11-34-27)39-31-25(30(37-32(39)41)38-15-20-8-9-21(16-38)35-20)14-26(33)28(36-31)24-13-22(40)12-19-6-4-5-7-23(19)24/h4-7,10-14,17,20-21,35,40H,8-9,15-16H2,1-3H3. The molecule has 5 heterocycles. The molecule has 2 aliphatic heterocycles. The number of nitrogens with one attached hydrogen (secondary N) is 1. The van der Waals surface area contributed by atoms with Crippen molar-refractivity contribution >= 4 is 27.6 Å². The van der Waals surface area contributed by atoms with E-state index in [4.69, 9.17) is 4.98 Å². The largest absolute Gasteiger partial charge is 0.508 e. The summed E-state index contributed by atoms with van der Waals surface area (Å²) in [6.07, 6.45) is 3.85. The van der Waals surface area contributed by atoms with E-state index in [2.05, 4.69) is 20.2 Å². The molecule has 0 amide bonds. The second kappa shape index (κ2) is 9.62. The second-order valence-corrected chi connectivity index (χ2v) is 11.5. The highest BCUT2D eigenvalue weighted by Crippen LogP contribution is 2.37. The van der Waals surface area contributed by atoms with Crippen molar-refractivity contribution in [2.45, 2.75) is 51.6 Å². The number of pyridine rings is 2. The summed E-state index contributed by atoms with van der Waals surface area (Å²) >= 11 is 0. The number of halogens is 1. The Bertz CT molecular complexity index is 1890. The third kappa shape index (κ3) is 4.23. The number of phenolic OH excluding ortho intramolecular Hbond substituents is 1. The SMILES string of the molecule is Cc1ccnc(C(C)C)c1-n1c(=O)nc(N2CC3CCC(C2)N3)c2cc(F)c(-c3cc(O)cc4ccccc34)nc21. The van der Waals surface area contributed by atoms with Gasteiger partial charge in [0.05, 0.1) is 16.8 Å². The van der Waals surface area contributed by atoms with E-state index >= 15 is 4.39 Å². The topological polar surface area (TPSA) is 96.2 Å². The normalized spacial score (nSPS) is 18.6. The quantitative estimate of drug-likeness (QED) is 0.317. The number of benzene rings is 2. The predicted molar refractivity (Wildman–Crippen MR) is 158 cm³/mol. The summed E-state index contributed by atoms with van der Waals surface area (Å²) < 4.78 is 17.7. The Kier molecular flexibility index (Phi) is 6.01. The molecular weight excluding hydrogens is 519 g/mol. The molecule has 0 spiro atoms. The molecule has 2 aromatic carbocycles. The van der Waals surface area contributed by atoms with Crippen molar-refractivity contribution in [2.75, 3.05) is 18.0 Å². The van der Waals surface area contributed by atoms with Crippen molar-refractivity contribution < 1.29 is 9.50 Å². The van der Waals surface area contributed by atoms with Crippen LogP contribution in [0.2, 0.25) is 0 Å². The van der Waals surface area contributed by atoms with Gasteiger partial charge < -0.3 is 15.3 Å². The number of aryl methyl sites for hydroxylation is 1. The van der Waals surface area contributed by atoms with Gasteiger partial charge in [-0.25, -0.2) is 18.7 Å². The van der Waals surface area contributed by atoms with Crippen LogP contribution in [0.1, 0.15) is 43.9 Å². The van der Waals surface area contributed by atoms with Gasteiger partial charge in [0.1, 0.15) is 23.1 Å². The van der Waals surface area contributed by atoms with E-state index in [1.165, 1.54) is 16.7 Å². The monoisotopic (exact) mass is 550 g/mol. The molecule has 9 heteroatoms. The van der Waals surface area contributed by atoms with Crippen LogP contribution < -0.4 is 15.9 Å². The molecule has 0 saturated carbocycles. The number of phenols is 1. The highest BCUT2D eigenvalue weighted by molar-refractivity contribution is 5.99. The van der Waals surface area contributed by atoms with Gasteiger partial charge in [0, 0.05) is 36.9 Å². The number of hydrogen-bond donors (Lipinski definition) is 2. The molecule has 2 fully saturated rings. The van der Waals surface area contributed by atoms with Gasteiger partial charge in [-0.2, -0.15) is 4.98 Å². The van der Waals surface area contributed by atoms with E-state index in [0.29, 0.717) is 53.3 Å². The van der Waals surface area contributed by atoms with Crippen molar-refractivity contribution in [1.29, 1.82) is 0 Å². The van der Waals surface area contributed by atoms with Gasteiger partial charge in [0.25, 0.3) is 0 Å². The number of fused-ring (bicyclic) bond motifs is 4. The second-order valence-electron chi connectivity index (χ2n) is 11.5. The van der Waals surface area contributed by atoms with Gasteiger partial charge in [-0.15, -0.1) is 0 Å². The first-order valence-electron chi connectivity index (χ1n) is 14.1. The maximum atomic E-state index is 16.2. The lowest BCUT2D eigenvalue weighted by Crippen LogP contribution is -2.52. The van der Waals surface area contributed by atoms with Crippen LogP contribution in [0.25, 0.3) is 38.8 Å². The van der Waals surface area contributed by atoms with Crippen LogP contribution in [0.4, 0.5) is 10.2 Å². The third-order valence-corrected chi connectivity index (χ3v) is 8.34. The Balaban J connectivity index is 1.57. The van der Waals surface area contributed by atoms with Crippen LogP contribution in [-0.4, -0.2) is 49.8 Å². The van der Waals surface area contributed by atoms with Crippen LogP contribution in [0.3, 0.4) is 0 Å². The molecule has 3 aromatic heterocycles.